The van der Waals surface area contributed by atoms with E-state index in [-0.39, 0.29) is 18.1 Å². The van der Waals surface area contributed by atoms with Crippen molar-refractivity contribution in [2.45, 2.75) is 25.5 Å². The van der Waals surface area contributed by atoms with Gasteiger partial charge in [0.15, 0.2) is 0 Å². The molecule has 1 heterocycles. The number of hydrogen-bond acceptors (Lipinski definition) is 3. The van der Waals surface area contributed by atoms with E-state index in [2.05, 4.69) is 31.0 Å². The number of benzene rings is 1. The highest BCUT2D eigenvalue weighted by Gasteiger charge is 2.26. The Labute approximate surface area is 107 Å². The Morgan fingerprint density at radius 1 is 1.44 bits per heavy atom. The molecule has 0 radical (unpaired) electrons. The van der Waals surface area contributed by atoms with Crippen LogP contribution >= 0.6 is 0 Å². The van der Waals surface area contributed by atoms with Crippen LogP contribution in [0.1, 0.15) is 24.9 Å². The molecule has 1 aromatic rings. The van der Waals surface area contributed by atoms with Crippen LogP contribution in [0.5, 0.6) is 0 Å². The van der Waals surface area contributed by atoms with Crippen LogP contribution < -0.4 is 5.32 Å². The number of carbonyl (C=O) groups excluding carboxylic acids is 1. The minimum Gasteiger partial charge on any atom is -0.452 e. The summed E-state index contributed by atoms with van der Waals surface area (Å²) in [5.41, 5.74) is 2.01. The van der Waals surface area contributed by atoms with E-state index in [1.54, 1.807) is 6.08 Å². The third-order valence-corrected chi connectivity index (χ3v) is 2.94. The van der Waals surface area contributed by atoms with Crippen LogP contribution in [0.25, 0.3) is 0 Å². The first kappa shape index (κ1) is 12.4. The fourth-order valence-corrected chi connectivity index (χ4v) is 1.99. The Kier molecular flexibility index (Phi) is 3.82. The predicted molar refractivity (Wildman–Crippen MR) is 70.8 cm³/mol. The summed E-state index contributed by atoms with van der Waals surface area (Å²) < 4.78 is 5.19. The average Bonchev–Trinajstić information content (AvgIpc) is 2.71. The quantitative estimate of drug-likeness (QED) is 0.638. The Bertz CT molecular complexity index is 465. The summed E-state index contributed by atoms with van der Waals surface area (Å²) in [5, 5.41) is 3.33. The van der Waals surface area contributed by atoms with Crippen LogP contribution in [0.15, 0.2) is 54.8 Å². The van der Waals surface area contributed by atoms with Gasteiger partial charge in [0, 0.05) is 18.5 Å². The fraction of sp³-hybridized carbons (Fsp3) is 0.267. The number of nitrogens with one attached hydrogen (secondary N) is 1. The third kappa shape index (κ3) is 2.80. The van der Waals surface area contributed by atoms with Crippen molar-refractivity contribution >= 4 is 5.97 Å². The van der Waals surface area contributed by atoms with Crippen molar-refractivity contribution in [3.05, 3.63) is 60.3 Å². The summed E-state index contributed by atoms with van der Waals surface area (Å²) in [4.78, 5) is 11.3. The highest BCUT2D eigenvalue weighted by atomic mass is 16.5. The maximum absolute atomic E-state index is 11.3. The molecule has 0 fully saturated rings. The molecule has 0 bridgehead atoms. The van der Waals surface area contributed by atoms with Crippen molar-refractivity contribution in [2.75, 3.05) is 0 Å². The minimum absolute atomic E-state index is 0.138. The van der Waals surface area contributed by atoms with Gasteiger partial charge in [0.05, 0.1) is 5.70 Å². The monoisotopic (exact) mass is 243 g/mol. The molecule has 0 saturated carbocycles. The summed E-state index contributed by atoms with van der Waals surface area (Å²) in [5.74, 6) is -0.287. The molecule has 94 valence electrons. The molecule has 0 unspecified atom stereocenters. The first-order chi connectivity index (χ1) is 8.70. The number of hydrogen-bond donors (Lipinski definition) is 1. The van der Waals surface area contributed by atoms with Crippen LogP contribution in [-0.4, -0.2) is 12.1 Å². The average molecular weight is 243 g/mol. The van der Waals surface area contributed by atoms with Gasteiger partial charge in [0.25, 0.3) is 0 Å². The minimum atomic E-state index is -0.287. The van der Waals surface area contributed by atoms with Crippen LogP contribution in [0.2, 0.25) is 0 Å². The lowest BCUT2D eigenvalue weighted by Crippen LogP contribution is -2.25. The topological polar surface area (TPSA) is 38.3 Å². The highest BCUT2D eigenvalue weighted by molar-refractivity contribution is 5.85. The molecule has 18 heavy (non-hydrogen) atoms. The lowest BCUT2D eigenvalue weighted by Gasteiger charge is -2.19. The Hall–Kier alpha value is -2.03. The van der Waals surface area contributed by atoms with Gasteiger partial charge in [-0.25, -0.2) is 4.79 Å². The summed E-state index contributed by atoms with van der Waals surface area (Å²) >= 11 is 0. The second kappa shape index (κ2) is 5.54. The summed E-state index contributed by atoms with van der Waals surface area (Å²) in [6, 6.07) is 10.2. The van der Waals surface area contributed by atoms with E-state index in [4.69, 9.17) is 4.74 Å². The van der Waals surface area contributed by atoms with Crippen molar-refractivity contribution in [1.29, 1.82) is 0 Å². The van der Waals surface area contributed by atoms with Gasteiger partial charge in [-0.1, -0.05) is 36.4 Å². The molecular formula is C15H17NO2. The number of ether oxygens (including phenoxy) is 1. The predicted octanol–water partition coefficient (Wildman–Crippen LogP) is 2.72. The lowest BCUT2D eigenvalue weighted by atomic mass is 10.1. The van der Waals surface area contributed by atoms with E-state index in [1.165, 1.54) is 11.6 Å². The molecule has 0 saturated heterocycles. The van der Waals surface area contributed by atoms with Crippen LogP contribution in [0, 0.1) is 0 Å². The zero-order valence-electron chi connectivity index (χ0n) is 10.4. The second-order valence-corrected chi connectivity index (χ2v) is 4.33. The first-order valence-electron chi connectivity index (χ1n) is 6.05. The van der Waals surface area contributed by atoms with Crippen molar-refractivity contribution < 1.29 is 9.53 Å². The molecular weight excluding hydrogens is 226 g/mol. The van der Waals surface area contributed by atoms with Gasteiger partial charge in [-0.3, -0.25) is 0 Å². The molecule has 0 spiro atoms. The molecule has 1 aromatic carbocycles. The summed E-state index contributed by atoms with van der Waals surface area (Å²) in [6.45, 7) is 5.73. The molecule has 1 aliphatic rings. The first-order valence-corrected chi connectivity index (χ1v) is 6.05. The van der Waals surface area contributed by atoms with Crippen LogP contribution in [0.3, 0.4) is 0 Å². The van der Waals surface area contributed by atoms with E-state index < -0.39 is 0 Å². The maximum atomic E-state index is 11.3. The molecule has 2 atom stereocenters. The van der Waals surface area contributed by atoms with E-state index in [0.29, 0.717) is 6.42 Å². The number of rotatable bonds is 5. The Morgan fingerprint density at radius 3 is 2.83 bits per heavy atom. The molecule has 1 N–H and O–H groups in total. The normalized spacial score (nSPS) is 19.9. The molecule has 2 rings (SSSR count). The van der Waals surface area contributed by atoms with Crippen molar-refractivity contribution in [3.8, 4) is 0 Å². The Balaban J connectivity index is 2.06. The fourth-order valence-electron chi connectivity index (χ4n) is 1.99. The van der Waals surface area contributed by atoms with Gasteiger partial charge < -0.3 is 10.1 Å². The highest BCUT2D eigenvalue weighted by Crippen LogP contribution is 2.21. The molecule has 3 heteroatoms. The van der Waals surface area contributed by atoms with Crippen LogP contribution in [-0.2, 0) is 9.53 Å². The van der Waals surface area contributed by atoms with Gasteiger partial charge in [-0.15, -0.1) is 6.58 Å². The largest absolute Gasteiger partial charge is 0.452 e. The van der Waals surface area contributed by atoms with E-state index >= 15 is 0 Å². The number of cyclic esters (lactones) is 1. The molecule has 1 aliphatic heterocycles. The van der Waals surface area contributed by atoms with Crippen molar-refractivity contribution in [1.82, 2.24) is 5.32 Å². The van der Waals surface area contributed by atoms with Crippen molar-refractivity contribution in [2.24, 2.45) is 0 Å². The molecule has 0 amide bonds. The van der Waals surface area contributed by atoms with E-state index in [9.17, 15) is 4.79 Å². The summed E-state index contributed by atoms with van der Waals surface area (Å²) in [7, 11) is 0. The third-order valence-electron chi connectivity index (χ3n) is 2.94. The van der Waals surface area contributed by atoms with E-state index in [1.807, 2.05) is 18.2 Å². The zero-order valence-corrected chi connectivity index (χ0v) is 10.4. The smallest absolute Gasteiger partial charge is 0.333 e. The molecule has 3 nitrogen and oxygen atoms in total. The van der Waals surface area contributed by atoms with Gasteiger partial charge >= 0.3 is 5.97 Å². The number of carbonyl (C=O) groups is 1. The van der Waals surface area contributed by atoms with Gasteiger partial charge in [-0.05, 0) is 12.5 Å². The Morgan fingerprint density at radius 2 is 2.17 bits per heavy atom. The number of esters is 1. The van der Waals surface area contributed by atoms with Gasteiger partial charge in [0.2, 0.25) is 0 Å². The second-order valence-electron chi connectivity index (χ2n) is 4.33. The van der Waals surface area contributed by atoms with Gasteiger partial charge in [-0.2, -0.15) is 0 Å². The van der Waals surface area contributed by atoms with E-state index in [0.717, 1.165) is 5.70 Å². The SMILES string of the molecule is C=CC[C@H]1OC(=O)C=C1N[C@H](C)c1ccccc1. The molecule has 0 aliphatic carbocycles. The van der Waals surface area contributed by atoms with Crippen molar-refractivity contribution in [3.63, 3.8) is 0 Å². The zero-order chi connectivity index (χ0) is 13.0. The standard InChI is InChI=1S/C15H17NO2/c1-3-7-14-13(10-15(17)18-14)16-11(2)12-8-5-4-6-9-12/h3-6,8-11,14,16H,1,7H2,2H3/t11-,14-/m1/s1. The summed E-state index contributed by atoms with van der Waals surface area (Å²) in [6.07, 6.45) is 3.69. The molecule has 0 aromatic heterocycles. The van der Waals surface area contributed by atoms with Gasteiger partial charge in [0.1, 0.15) is 6.10 Å². The lowest BCUT2D eigenvalue weighted by molar-refractivity contribution is -0.138. The van der Waals surface area contributed by atoms with Crippen LogP contribution in [0.4, 0.5) is 0 Å². The maximum Gasteiger partial charge on any atom is 0.333 e.